The first-order valence-electron chi connectivity index (χ1n) is 11.0. The SMILES string of the molecule is CS(=O)(=O)N(c1ccc(Nc2ncc3cnn(-c4ccccc4-c4ccccc4)c3n2)cc1)S(C)(=O)=O. The number of sulfonamides is 2. The summed E-state index contributed by atoms with van der Waals surface area (Å²) in [6, 6.07) is 23.8. The van der Waals surface area contributed by atoms with Gasteiger partial charge in [0, 0.05) is 17.4 Å². The fourth-order valence-corrected chi connectivity index (χ4v) is 6.98. The lowest BCUT2D eigenvalue weighted by Gasteiger charge is -2.19. The Kier molecular flexibility index (Phi) is 6.13. The van der Waals surface area contributed by atoms with Gasteiger partial charge in [0.05, 0.1) is 35.5 Å². The molecular weight excluding hydrogens is 512 g/mol. The lowest BCUT2D eigenvalue weighted by atomic mass is 10.0. The molecule has 0 spiro atoms. The number of rotatable bonds is 7. The Balaban J connectivity index is 1.49. The average Bonchev–Trinajstić information content (AvgIpc) is 3.27. The highest BCUT2D eigenvalue weighted by Gasteiger charge is 2.27. The second kappa shape index (κ2) is 9.30. The topological polar surface area (TPSA) is 127 Å². The fraction of sp³-hybridized carbons (Fsp3) is 0.0800. The molecule has 188 valence electrons. The first kappa shape index (κ1) is 24.4. The van der Waals surface area contributed by atoms with Crippen molar-refractivity contribution in [2.24, 2.45) is 0 Å². The molecule has 0 aliphatic carbocycles. The minimum Gasteiger partial charge on any atom is -0.324 e. The highest BCUT2D eigenvalue weighted by Crippen LogP contribution is 2.29. The highest BCUT2D eigenvalue weighted by molar-refractivity contribution is 8.09. The minimum atomic E-state index is -4.03. The molecule has 0 saturated heterocycles. The van der Waals surface area contributed by atoms with Gasteiger partial charge < -0.3 is 5.32 Å². The lowest BCUT2D eigenvalue weighted by Crippen LogP contribution is -2.35. The van der Waals surface area contributed by atoms with Crippen LogP contribution in [0.4, 0.5) is 17.3 Å². The van der Waals surface area contributed by atoms with Crippen LogP contribution in [0.5, 0.6) is 0 Å². The van der Waals surface area contributed by atoms with Gasteiger partial charge in [-0.3, -0.25) is 0 Å². The predicted molar refractivity (Wildman–Crippen MR) is 144 cm³/mol. The zero-order valence-corrected chi connectivity index (χ0v) is 21.5. The highest BCUT2D eigenvalue weighted by atomic mass is 32.3. The summed E-state index contributed by atoms with van der Waals surface area (Å²) in [7, 11) is -8.06. The van der Waals surface area contributed by atoms with Crippen molar-refractivity contribution in [2.45, 2.75) is 0 Å². The molecule has 0 atom stereocenters. The van der Waals surface area contributed by atoms with Crippen LogP contribution in [0.3, 0.4) is 0 Å². The van der Waals surface area contributed by atoms with E-state index in [0.717, 1.165) is 34.7 Å². The number of anilines is 3. The number of hydrogen-bond donors (Lipinski definition) is 1. The van der Waals surface area contributed by atoms with Gasteiger partial charge in [0.1, 0.15) is 0 Å². The van der Waals surface area contributed by atoms with Gasteiger partial charge in [-0.05, 0) is 35.9 Å². The van der Waals surface area contributed by atoms with Gasteiger partial charge in [0.25, 0.3) is 0 Å². The number of benzene rings is 3. The van der Waals surface area contributed by atoms with Crippen molar-refractivity contribution in [2.75, 3.05) is 21.5 Å². The van der Waals surface area contributed by atoms with Crippen LogP contribution in [0.2, 0.25) is 0 Å². The Morgan fingerprint density at radius 3 is 2.11 bits per heavy atom. The number of para-hydroxylation sites is 1. The predicted octanol–water partition coefficient (Wildman–Crippen LogP) is 3.95. The van der Waals surface area contributed by atoms with E-state index in [4.69, 9.17) is 0 Å². The second-order valence-electron chi connectivity index (χ2n) is 8.31. The zero-order valence-electron chi connectivity index (χ0n) is 19.8. The van der Waals surface area contributed by atoms with E-state index >= 15 is 0 Å². The van der Waals surface area contributed by atoms with E-state index in [2.05, 4.69) is 20.4 Å². The maximum Gasteiger partial charge on any atom is 0.245 e. The summed E-state index contributed by atoms with van der Waals surface area (Å²) in [6.07, 6.45) is 5.02. The number of nitrogens with one attached hydrogen (secondary N) is 1. The summed E-state index contributed by atoms with van der Waals surface area (Å²) in [4.78, 5) is 9.00. The van der Waals surface area contributed by atoms with E-state index < -0.39 is 20.0 Å². The molecule has 5 rings (SSSR count). The summed E-state index contributed by atoms with van der Waals surface area (Å²) >= 11 is 0. The van der Waals surface area contributed by atoms with Crippen molar-refractivity contribution < 1.29 is 16.8 Å². The van der Waals surface area contributed by atoms with Crippen LogP contribution < -0.4 is 9.03 Å². The third kappa shape index (κ3) is 5.01. The van der Waals surface area contributed by atoms with E-state index in [1.807, 2.05) is 54.6 Å². The van der Waals surface area contributed by atoms with Crippen LogP contribution >= 0.6 is 0 Å². The second-order valence-corrected chi connectivity index (χ2v) is 12.2. The first-order chi connectivity index (χ1) is 17.6. The van der Waals surface area contributed by atoms with Crippen LogP contribution in [0.15, 0.2) is 91.3 Å². The molecule has 0 fully saturated rings. The van der Waals surface area contributed by atoms with Crippen molar-refractivity contribution in [1.29, 1.82) is 0 Å². The molecule has 3 aromatic carbocycles. The molecular formula is C25H22N6O4S2. The van der Waals surface area contributed by atoms with Crippen LogP contribution in [-0.2, 0) is 20.0 Å². The van der Waals surface area contributed by atoms with Gasteiger partial charge >= 0.3 is 0 Å². The lowest BCUT2D eigenvalue weighted by molar-refractivity contribution is 0.590. The molecule has 2 heterocycles. The van der Waals surface area contributed by atoms with Gasteiger partial charge in [-0.15, -0.1) is 0 Å². The van der Waals surface area contributed by atoms with Crippen LogP contribution in [0.25, 0.3) is 27.8 Å². The molecule has 0 radical (unpaired) electrons. The Bertz CT molecular complexity index is 1770. The quantitative estimate of drug-likeness (QED) is 0.333. The molecule has 0 saturated carbocycles. The van der Waals surface area contributed by atoms with Gasteiger partial charge in [-0.2, -0.15) is 13.8 Å². The first-order valence-corrected chi connectivity index (χ1v) is 14.7. The van der Waals surface area contributed by atoms with Gasteiger partial charge in [-0.25, -0.2) is 26.5 Å². The molecule has 0 aliphatic heterocycles. The zero-order chi connectivity index (χ0) is 26.2. The molecule has 12 heteroatoms. The summed E-state index contributed by atoms with van der Waals surface area (Å²) in [5.74, 6) is 0.294. The van der Waals surface area contributed by atoms with Crippen molar-refractivity contribution in [3.8, 4) is 16.8 Å². The average molecular weight is 535 g/mol. The van der Waals surface area contributed by atoms with E-state index in [1.54, 1.807) is 29.2 Å². The Morgan fingerprint density at radius 2 is 1.43 bits per heavy atom. The van der Waals surface area contributed by atoms with E-state index in [9.17, 15) is 16.8 Å². The Hall–Kier alpha value is -4.29. The van der Waals surface area contributed by atoms with Gasteiger partial charge in [0.2, 0.25) is 26.0 Å². The summed E-state index contributed by atoms with van der Waals surface area (Å²) in [5.41, 5.74) is 4.05. The van der Waals surface area contributed by atoms with Crippen LogP contribution in [-0.4, -0.2) is 49.1 Å². The van der Waals surface area contributed by atoms with Crippen molar-refractivity contribution in [1.82, 2.24) is 19.7 Å². The van der Waals surface area contributed by atoms with Gasteiger partial charge in [-0.1, -0.05) is 48.5 Å². The van der Waals surface area contributed by atoms with Crippen molar-refractivity contribution in [3.05, 3.63) is 91.3 Å². The molecule has 0 aliphatic rings. The van der Waals surface area contributed by atoms with Crippen LogP contribution in [0.1, 0.15) is 0 Å². The Morgan fingerprint density at radius 1 is 0.784 bits per heavy atom. The smallest absolute Gasteiger partial charge is 0.245 e. The molecule has 5 aromatic rings. The summed E-state index contributed by atoms with van der Waals surface area (Å²) < 4.78 is 50.2. The third-order valence-electron chi connectivity index (χ3n) is 5.46. The third-order valence-corrected chi connectivity index (χ3v) is 8.71. The maximum absolute atomic E-state index is 12.0. The van der Waals surface area contributed by atoms with Crippen LogP contribution in [0, 0.1) is 0 Å². The number of aromatic nitrogens is 4. The molecule has 0 amide bonds. The van der Waals surface area contributed by atoms with Crippen molar-refractivity contribution >= 4 is 48.4 Å². The van der Waals surface area contributed by atoms with E-state index in [0.29, 0.717) is 21.0 Å². The van der Waals surface area contributed by atoms with E-state index in [1.165, 1.54) is 12.1 Å². The maximum atomic E-state index is 12.0. The number of fused-ring (bicyclic) bond motifs is 1. The van der Waals surface area contributed by atoms with Crippen molar-refractivity contribution in [3.63, 3.8) is 0 Å². The Labute approximate surface area is 214 Å². The molecule has 2 aromatic heterocycles. The molecule has 37 heavy (non-hydrogen) atoms. The number of nitrogens with zero attached hydrogens (tertiary/aromatic N) is 5. The minimum absolute atomic E-state index is 0.00233. The molecule has 0 bridgehead atoms. The standard InChI is InChI=1S/C25H22N6O4S2/c1-36(32,33)31(37(2,34)35)21-14-12-20(13-15-21)28-25-26-16-19-17-27-30(24(19)29-25)23-11-7-6-10-22(23)18-8-4-3-5-9-18/h3-17H,1-2H3,(H,26,28,29). The summed E-state index contributed by atoms with van der Waals surface area (Å²) in [5, 5.41) is 8.37. The van der Waals surface area contributed by atoms with E-state index in [-0.39, 0.29) is 5.69 Å². The monoisotopic (exact) mass is 534 g/mol. The largest absolute Gasteiger partial charge is 0.324 e. The normalized spacial score (nSPS) is 11.9. The number of hydrogen-bond acceptors (Lipinski definition) is 8. The summed E-state index contributed by atoms with van der Waals surface area (Å²) in [6.45, 7) is 0. The molecule has 0 unspecified atom stereocenters. The molecule has 10 nitrogen and oxygen atoms in total. The molecule has 1 N–H and O–H groups in total. The fourth-order valence-electron chi connectivity index (χ4n) is 4.00. The van der Waals surface area contributed by atoms with Gasteiger partial charge in [0.15, 0.2) is 5.65 Å².